The minimum absolute atomic E-state index is 0.702. The smallest absolute Gasteiger partial charge is 0.0360 e. The number of piperidine rings is 2. The molecule has 2 heteroatoms. The van der Waals surface area contributed by atoms with Gasteiger partial charge in [-0.1, -0.05) is 42.5 Å². The minimum Gasteiger partial charge on any atom is -0.370 e. The molecule has 1 N–H and O–H groups in total. The number of hydrogen-bond donors (Lipinski definition) is 1. The summed E-state index contributed by atoms with van der Waals surface area (Å²) in [5, 5.41) is 3.61. The van der Waals surface area contributed by atoms with Crippen LogP contribution in [0.15, 0.2) is 48.2 Å². The summed E-state index contributed by atoms with van der Waals surface area (Å²) in [5.41, 5.74) is 4.39. The number of nitrogens with one attached hydrogen (secondary N) is 1. The van der Waals surface area contributed by atoms with E-state index in [-0.39, 0.29) is 0 Å². The van der Waals surface area contributed by atoms with E-state index in [1.54, 1.807) is 5.70 Å². The van der Waals surface area contributed by atoms with Gasteiger partial charge in [0.2, 0.25) is 0 Å². The van der Waals surface area contributed by atoms with Gasteiger partial charge >= 0.3 is 0 Å². The highest BCUT2D eigenvalue weighted by atomic mass is 15.2. The van der Waals surface area contributed by atoms with E-state index in [0.717, 1.165) is 19.0 Å². The van der Waals surface area contributed by atoms with Gasteiger partial charge in [0.25, 0.3) is 0 Å². The Labute approximate surface area is 114 Å². The third kappa shape index (κ3) is 1.91. The van der Waals surface area contributed by atoms with Gasteiger partial charge in [0.1, 0.15) is 0 Å². The second-order valence-corrected chi connectivity index (χ2v) is 5.93. The lowest BCUT2D eigenvalue weighted by molar-refractivity contribution is 0.158. The maximum atomic E-state index is 3.61. The summed E-state index contributed by atoms with van der Waals surface area (Å²) < 4.78 is 0. The van der Waals surface area contributed by atoms with E-state index in [1.807, 2.05) is 0 Å². The van der Waals surface area contributed by atoms with Gasteiger partial charge < -0.3 is 10.2 Å². The lowest BCUT2D eigenvalue weighted by atomic mass is 9.79. The van der Waals surface area contributed by atoms with Gasteiger partial charge in [0.05, 0.1) is 0 Å². The van der Waals surface area contributed by atoms with E-state index in [4.69, 9.17) is 0 Å². The first-order chi connectivity index (χ1) is 9.42. The van der Waals surface area contributed by atoms with Crippen LogP contribution in [0.2, 0.25) is 0 Å². The molecule has 3 aliphatic heterocycles. The van der Waals surface area contributed by atoms with Gasteiger partial charge in [-0.3, -0.25) is 0 Å². The molecule has 0 amide bonds. The number of benzene rings is 1. The zero-order valence-electron chi connectivity index (χ0n) is 11.2. The fourth-order valence-corrected chi connectivity index (χ4v) is 3.85. The van der Waals surface area contributed by atoms with Gasteiger partial charge in [0, 0.05) is 36.8 Å². The lowest BCUT2D eigenvalue weighted by Crippen LogP contribution is -2.50. The molecule has 0 radical (unpaired) electrons. The highest BCUT2D eigenvalue weighted by molar-refractivity contribution is 5.77. The second-order valence-electron chi connectivity index (χ2n) is 5.93. The molecule has 3 aliphatic rings. The van der Waals surface area contributed by atoms with Crippen LogP contribution in [0.4, 0.5) is 0 Å². The number of fused-ring (bicyclic) bond motifs is 4. The Bertz CT molecular complexity index is 529. The molecule has 4 rings (SSSR count). The summed E-state index contributed by atoms with van der Waals surface area (Å²) in [6, 6.07) is 10.8. The van der Waals surface area contributed by atoms with Crippen molar-refractivity contribution in [3.05, 3.63) is 53.7 Å². The number of rotatable bonds is 1. The highest BCUT2D eigenvalue weighted by Crippen LogP contribution is 2.39. The first-order valence-corrected chi connectivity index (χ1v) is 7.33. The molecule has 19 heavy (non-hydrogen) atoms. The molecule has 2 saturated heterocycles. The normalized spacial score (nSPS) is 29.4. The number of nitrogens with zero attached hydrogens (tertiary/aromatic N) is 1. The first-order valence-electron chi connectivity index (χ1n) is 7.33. The van der Waals surface area contributed by atoms with Crippen LogP contribution in [0.3, 0.4) is 0 Å². The lowest BCUT2D eigenvalue weighted by Gasteiger charge is -2.46. The summed E-state index contributed by atoms with van der Waals surface area (Å²) in [5.74, 6) is 1.54. The van der Waals surface area contributed by atoms with E-state index in [0.29, 0.717) is 5.92 Å². The molecule has 1 aromatic rings. The predicted octanol–water partition coefficient (Wildman–Crippen LogP) is 2.51. The van der Waals surface area contributed by atoms with Crippen LogP contribution in [0.1, 0.15) is 12.0 Å². The molecule has 0 spiro atoms. The van der Waals surface area contributed by atoms with Gasteiger partial charge in [-0.05, 0) is 24.4 Å². The molecule has 3 heterocycles. The van der Waals surface area contributed by atoms with Crippen LogP contribution < -0.4 is 5.32 Å². The molecule has 0 aliphatic carbocycles. The van der Waals surface area contributed by atoms with E-state index < -0.39 is 0 Å². The molecule has 2 unspecified atom stereocenters. The average molecular weight is 252 g/mol. The summed E-state index contributed by atoms with van der Waals surface area (Å²) in [7, 11) is 0. The quantitative estimate of drug-likeness (QED) is 0.826. The van der Waals surface area contributed by atoms with Crippen molar-refractivity contribution in [2.45, 2.75) is 6.42 Å². The predicted molar refractivity (Wildman–Crippen MR) is 78.5 cm³/mol. The molecule has 98 valence electrons. The highest BCUT2D eigenvalue weighted by Gasteiger charge is 2.36. The monoisotopic (exact) mass is 252 g/mol. The Morgan fingerprint density at radius 1 is 1.11 bits per heavy atom. The minimum atomic E-state index is 0.702. The van der Waals surface area contributed by atoms with Crippen molar-refractivity contribution in [3.63, 3.8) is 0 Å². The third-order valence-electron chi connectivity index (χ3n) is 4.62. The Hall–Kier alpha value is -1.54. The maximum Gasteiger partial charge on any atom is 0.0360 e. The zero-order chi connectivity index (χ0) is 12.7. The average Bonchev–Trinajstić information content (AvgIpc) is 2.48. The van der Waals surface area contributed by atoms with Crippen molar-refractivity contribution in [2.75, 3.05) is 26.2 Å². The van der Waals surface area contributed by atoms with Crippen molar-refractivity contribution in [1.82, 2.24) is 10.2 Å². The van der Waals surface area contributed by atoms with E-state index in [2.05, 4.69) is 52.7 Å². The number of hydrogen-bond acceptors (Lipinski definition) is 2. The second kappa shape index (κ2) is 4.53. The van der Waals surface area contributed by atoms with Crippen LogP contribution in [0, 0.1) is 11.8 Å². The van der Waals surface area contributed by atoms with Crippen LogP contribution in [0.5, 0.6) is 0 Å². The number of allylic oxidation sites excluding steroid dienone is 2. The molecule has 2 atom stereocenters. The standard InChI is InChI=1S/C17H20N2/c1-2-5-14(6-3-1)16-7-4-8-19-12-13-9-15(17(16)19)11-18-10-13/h1-7,13,15,18H,8-12H2. The molecule has 1 aromatic carbocycles. The van der Waals surface area contributed by atoms with Gasteiger partial charge in [-0.2, -0.15) is 0 Å². The Kier molecular flexibility index (Phi) is 2.70. The van der Waals surface area contributed by atoms with E-state index in [9.17, 15) is 0 Å². The summed E-state index contributed by atoms with van der Waals surface area (Å²) >= 11 is 0. The van der Waals surface area contributed by atoms with Crippen LogP contribution in [0.25, 0.3) is 5.57 Å². The Morgan fingerprint density at radius 3 is 2.89 bits per heavy atom. The molecule has 2 bridgehead atoms. The summed E-state index contributed by atoms with van der Waals surface area (Å²) in [4.78, 5) is 2.61. The van der Waals surface area contributed by atoms with Gasteiger partial charge in [0.15, 0.2) is 0 Å². The molecule has 2 nitrogen and oxygen atoms in total. The molecule has 2 fully saturated rings. The third-order valence-corrected chi connectivity index (χ3v) is 4.62. The maximum absolute atomic E-state index is 3.61. The summed E-state index contributed by atoms with van der Waals surface area (Å²) in [6.07, 6.45) is 6.01. The molecule has 0 saturated carbocycles. The van der Waals surface area contributed by atoms with Crippen molar-refractivity contribution >= 4 is 5.57 Å². The Morgan fingerprint density at radius 2 is 2.00 bits per heavy atom. The van der Waals surface area contributed by atoms with Crippen molar-refractivity contribution in [3.8, 4) is 0 Å². The van der Waals surface area contributed by atoms with E-state index >= 15 is 0 Å². The molecule has 0 aromatic heterocycles. The van der Waals surface area contributed by atoms with Crippen molar-refractivity contribution in [2.24, 2.45) is 11.8 Å². The van der Waals surface area contributed by atoms with Crippen molar-refractivity contribution < 1.29 is 0 Å². The van der Waals surface area contributed by atoms with Gasteiger partial charge in [-0.25, -0.2) is 0 Å². The van der Waals surface area contributed by atoms with Crippen LogP contribution in [-0.4, -0.2) is 31.1 Å². The molecular weight excluding hydrogens is 232 g/mol. The topological polar surface area (TPSA) is 15.3 Å². The molecular formula is C17H20N2. The van der Waals surface area contributed by atoms with Crippen molar-refractivity contribution in [1.29, 1.82) is 0 Å². The zero-order valence-corrected chi connectivity index (χ0v) is 11.2. The SMILES string of the molecule is C1=CC(c2ccccc2)=C2C3CNCC(C3)CN2C1. The summed E-state index contributed by atoms with van der Waals surface area (Å²) in [6.45, 7) is 4.66. The van der Waals surface area contributed by atoms with Gasteiger partial charge in [-0.15, -0.1) is 0 Å². The fourth-order valence-electron chi connectivity index (χ4n) is 3.85. The van der Waals surface area contributed by atoms with Crippen LogP contribution >= 0.6 is 0 Å². The van der Waals surface area contributed by atoms with Crippen LogP contribution in [-0.2, 0) is 0 Å². The van der Waals surface area contributed by atoms with E-state index in [1.165, 1.54) is 30.6 Å². The largest absolute Gasteiger partial charge is 0.370 e. The Balaban J connectivity index is 1.81. The fraction of sp³-hybridized carbons (Fsp3) is 0.412. The first kappa shape index (κ1) is 11.3.